The van der Waals surface area contributed by atoms with Gasteiger partial charge in [0, 0.05) is 25.0 Å². The van der Waals surface area contributed by atoms with E-state index in [2.05, 4.69) is 5.32 Å². The van der Waals surface area contributed by atoms with Crippen LogP contribution >= 0.6 is 0 Å². The number of hydrogen-bond donors (Lipinski definition) is 4. The summed E-state index contributed by atoms with van der Waals surface area (Å²) >= 11 is 0. The normalized spacial score (nSPS) is 14.1. The molecule has 0 aliphatic carbocycles. The van der Waals surface area contributed by atoms with Crippen molar-refractivity contribution in [3.8, 4) is 5.69 Å². The fourth-order valence-corrected chi connectivity index (χ4v) is 4.35. The molecule has 2 heterocycles. The van der Waals surface area contributed by atoms with E-state index in [-0.39, 0.29) is 22.8 Å². The molecule has 1 atom stereocenters. The monoisotopic (exact) mass is 575 g/mol. The molecule has 1 aliphatic heterocycles. The van der Waals surface area contributed by atoms with E-state index in [0.717, 1.165) is 22.9 Å². The van der Waals surface area contributed by atoms with Crippen LogP contribution in [0, 0.1) is 6.92 Å². The maximum atomic E-state index is 13.5. The molecule has 3 aromatic rings. The Hall–Kier alpha value is -4.92. The van der Waals surface area contributed by atoms with Gasteiger partial charge in [0.2, 0.25) is 0 Å². The number of aliphatic carboxylic acids is 1. The summed E-state index contributed by atoms with van der Waals surface area (Å²) in [6.07, 6.45) is -3.82. The average molecular weight is 576 g/mol. The van der Waals surface area contributed by atoms with Crippen molar-refractivity contribution in [3.05, 3.63) is 91.8 Å². The van der Waals surface area contributed by atoms with Crippen LogP contribution in [-0.4, -0.2) is 63.0 Å². The Labute approximate surface area is 229 Å². The summed E-state index contributed by atoms with van der Waals surface area (Å²) in [4.78, 5) is 64.5. The molecular formula is C26H24F3N5O7. The van der Waals surface area contributed by atoms with Gasteiger partial charge in [-0.1, -0.05) is 12.1 Å². The zero-order valence-electron chi connectivity index (χ0n) is 21.4. The van der Waals surface area contributed by atoms with Crippen molar-refractivity contribution in [2.45, 2.75) is 25.7 Å². The largest absolute Gasteiger partial charge is 0.480 e. The second kappa shape index (κ2) is 11.3. The number of carbonyl (C=O) groups is 3. The molecule has 1 fully saturated rings. The number of alkyl halides is 3. The summed E-state index contributed by atoms with van der Waals surface area (Å²) in [6, 6.07) is 7.09. The summed E-state index contributed by atoms with van der Waals surface area (Å²) < 4.78 is 41.9. The summed E-state index contributed by atoms with van der Waals surface area (Å²) in [5.74, 6) is -2.82. The van der Waals surface area contributed by atoms with E-state index in [1.54, 1.807) is 0 Å². The molecule has 41 heavy (non-hydrogen) atoms. The number of urea groups is 1. The zero-order valence-corrected chi connectivity index (χ0v) is 21.4. The van der Waals surface area contributed by atoms with E-state index in [9.17, 15) is 47.4 Å². The molecule has 0 bridgehead atoms. The number of carbonyl (C=O) groups excluding carboxylic acids is 2. The van der Waals surface area contributed by atoms with Crippen molar-refractivity contribution in [1.82, 2.24) is 19.8 Å². The third-order valence-electron chi connectivity index (χ3n) is 6.58. The lowest BCUT2D eigenvalue weighted by atomic mass is 10.0. The number of nitrogens with zero attached hydrogens (tertiary/aromatic N) is 3. The predicted octanol–water partition coefficient (Wildman–Crippen LogP) is 1.08. The van der Waals surface area contributed by atoms with Gasteiger partial charge in [0.1, 0.15) is 5.56 Å². The van der Waals surface area contributed by atoms with Gasteiger partial charge < -0.3 is 20.8 Å². The van der Waals surface area contributed by atoms with Crippen LogP contribution in [0.3, 0.4) is 0 Å². The Bertz CT molecular complexity index is 1630. The minimum atomic E-state index is -4.70. The second-order valence-electron chi connectivity index (χ2n) is 9.12. The number of hydrogen-bond acceptors (Lipinski definition) is 6. The maximum absolute atomic E-state index is 13.5. The molecule has 0 spiro atoms. The highest BCUT2D eigenvalue weighted by atomic mass is 19.4. The van der Waals surface area contributed by atoms with Crippen LogP contribution in [0.15, 0.2) is 58.3 Å². The van der Waals surface area contributed by atoms with Gasteiger partial charge in [-0.2, -0.15) is 13.2 Å². The van der Waals surface area contributed by atoms with Gasteiger partial charge in [-0.05, 0) is 48.4 Å². The van der Waals surface area contributed by atoms with Gasteiger partial charge in [-0.15, -0.1) is 0 Å². The SMILES string of the molecule is Cc1c(Cn2c(=O)c(C(=O)N[C@@H](CO)C(=O)O)cn(-c3ccc(N4CCNC4=O)cc3)c2=O)cccc1C(F)(F)F. The first-order chi connectivity index (χ1) is 19.3. The van der Waals surface area contributed by atoms with Gasteiger partial charge in [0.25, 0.3) is 11.5 Å². The lowest BCUT2D eigenvalue weighted by Crippen LogP contribution is -2.48. The molecular weight excluding hydrogens is 551 g/mol. The minimum absolute atomic E-state index is 0.0164. The van der Waals surface area contributed by atoms with Crippen LogP contribution < -0.4 is 26.8 Å². The van der Waals surface area contributed by atoms with Crippen LogP contribution in [0.25, 0.3) is 5.69 Å². The smallest absolute Gasteiger partial charge is 0.416 e. The number of nitrogens with one attached hydrogen (secondary N) is 2. The van der Waals surface area contributed by atoms with E-state index in [4.69, 9.17) is 0 Å². The standard InChI is InChI=1S/C26H24F3N5O7/c1-14-15(3-2-4-19(14)26(27,28)29)11-34-22(37)18(21(36)31-20(13-35)23(38)39)12-33(25(34)41)17-7-5-16(6-8-17)32-10-9-30-24(32)40/h2-8,12,20,35H,9-11,13H2,1H3,(H,30,40)(H,31,36)(H,38,39)/t20-/m0/s1. The number of aliphatic hydroxyl groups excluding tert-OH is 1. The number of benzene rings is 2. The Balaban J connectivity index is 1.85. The Kier molecular flexibility index (Phi) is 8.00. The molecule has 0 unspecified atom stereocenters. The first-order valence-corrected chi connectivity index (χ1v) is 12.2. The first-order valence-electron chi connectivity index (χ1n) is 12.2. The van der Waals surface area contributed by atoms with Crippen LogP contribution in [-0.2, 0) is 17.5 Å². The van der Waals surface area contributed by atoms with Crippen molar-refractivity contribution in [2.75, 3.05) is 24.6 Å². The molecule has 12 nitrogen and oxygen atoms in total. The number of carboxylic acid groups (broad SMARTS) is 1. The molecule has 216 valence electrons. The van der Waals surface area contributed by atoms with Crippen LogP contribution in [0.5, 0.6) is 0 Å². The van der Waals surface area contributed by atoms with E-state index in [0.29, 0.717) is 23.3 Å². The molecule has 0 radical (unpaired) electrons. The average Bonchev–Trinajstić information content (AvgIpc) is 3.35. The van der Waals surface area contributed by atoms with Crippen molar-refractivity contribution < 1.29 is 37.8 Å². The first kappa shape index (κ1) is 29.1. The molecule has 2 aromatic carbocycles. The lowest BCUT2D eigenvalue weighted by Gasteiger charge is -2.18. The fraction of sp³-hybridized carbons (Fsp3) is 0.269. The number of aliphatic hydroxyl groups is 1. The van der Waals surface area contributed by atoms with E-state index < -0.39 is 59.6 Å². The van der Waals surface area contributed by atoms with Gasteiger partial charge in [-0.3, -0.25) is 23.6 Å². The second-order valence-corrected chi connectivity index (χ2v) is 9.12. The summed E-state index contributed by atoms with van der Waals surface area (Å²) in [7, 11) is 0. The van der Waals surface area contributed by atoms with E-state index >= 15 is 0 Å². The van der Waals surface area contributed by atoms with Gasteiger partial charge in [0.15, 0.2) is 6.04 Å². The lowest BCUT2D eigenvalue weighted by molar-refractivity contribution is -0.140. The summed E-state index contributed by atoms with van der Waals surface area (Å²) in [5, 5.41) is 23.1. The molecule has 4 rings (SSSR count). The third-order valence-corrected chi connectivity index (χ3v) is 6.58. The molecule has 15 heteroatoms. The minimum Gasteiger partial charge on any atom is -0.480 e. The molecule has 4 N–H and O–H groups in total. The number of amides is 3. The molecule has 1 aromatic heterocycles. The van der Waals surface area contributed by atoms with Gasteiger partial charge >= 0.3 is 23.9 Å². The number of rotatable bonds is 8. The van der Waals surface area contributed by atoms with Crippen molar-refractivity contribution in [1.29, 1.82) is 0 Å². The van der Waals surface area contributed by atoms with Crippen LogP contribution in [0.1, 0.15) is 27.0 Å². The highest BCUT2D eigenvalue weighted by Crippen LogP contribution is 2.33. The molecule has 1 aliphatic rings. The molecule has 3 amide bonds. The van der Waals surface area contributed by atoms with Crippen LogP contribution in [0.4, 0.5) is 23.7 Å². The van der Waals surface area contributed by atoms with Crippen molar-refractivity contribution >= 4 is 23.6 Å². The Morgan fingerprint density at radius 3 is 2.29 bits per heavy atom. The number of carboxylic acids is 1. The summed E-state index contributed by atoms with van der Waals surface area (Å²) in [5.41, 5.74) is -3.46. The summed E-state index contributed by atoms with van der Waals surface area (Å²) in [6.45, 7) is 0.389. The Morgan fingerprint density at radius 1 is 1.07 bits per heavy atom. The number of halogens is 3. The molecule has 0 saturated carbocycles. The fourth-order valence-electron chi connectivity index (χ4n) is 4.35. The predicted molar refractivity (Wildman–Crippen MR) is 138 cm³/mol. The highest BCUT2D eigenvalue weighted by Gasteiger charge is 2.33. The third kappa shape index (κ3) is 5.84. The number of aromatic nitrogens is 2. The topological polar surface area (TPSA) is 163 Å². The maximum Gasteiger partial charge on any atom is 0.416 e. The number of anilines is 1. The van der Waals surface area contributed by atoms with Crippen molar-refractivity contribution in [2.24, 2.45) is 0 Å². The van der Waals surface area contributed by atoms with Gasteiger partial charge in [0.05, 0.1) is 24.4 Å². The van der Waals surface area contributed by atoms with E-state index in [1.807, 2.05) is 5.32 Å². The highest BCUT2D eigenvalue weighted by molar-refractivity contribution is 5.96. The van der Waals surface area contributed by atoms with Crippen LogP contribution in [0.2, 0.25) is 0 Å². The Morgan fingerprint density at radius 2 is 1.73 bits per heavy atom. The van der Waals surface area contributed by atoms with Gasteiger partial charge in [-0.25, -0.2) is 14.4 Å². The van der Waals surface area contributed by atoms with Crippen molar-refractivity contribution in [3.63, 3.8) is 0 Å². The molecule has 1 saturated heterocycles. The quantitative estimate of drug-likeness (QED) is 0.312. The zero-order chi connectivity index (χ0) is 30.1. The van der Waals surface area contributed by atoms with E-state index in [1.165, 1.54) is 42.2 Å².